The van der Waals surface area contributed by atoms with Crippen LogP contribution in [0.25, 0.3) is 0 Å². The lowest BCUT2D eigenvalue weighted by molar-refractivity contribution is -0.0971. The number of nitrogens with zero attached hydrogens (tertiary/aromatic N) is 1. The highest BCUT2D eigenvalue weighted by Crippen LogP contribution is 2.25. The molecule has 1 fully saturated rings. The molecule has 128 valence electrons. The van der Waals surface area contributed by atoms with Crippen LogP contribution in [0.1, 0.15) is 25.8 Å². The molecule has 1 heterocycles. The molecule has 0 spiro atoms. The van der Waals surface area contributed by atoms with Crippen LogP contribution in [0.2, 0.25) is 0 Å². The van der Waals surface area contributed by atoms with Gasteiger partial charge in [-0.1, -0.05) is 48.3 Å². The van der Waals surface area contributed by atoms with Crippen molar-refractivity contribution >= 4 is 21.9 Å². The van der Waals surface area contributed by atoms with Gasteiger partial charge in [0, 0.05) is 30.0 Å². The summed E-state index contributed by atoms with van der Waals surface area (Å²) in [6.45, 7) is 7.96. The van der Waals surface area contributed by atoms with Crippen LogP contribution in [0, 0.1) is 11.3 Å². The third-order valence-electron chi connectivity index (χ3n) is 4.36. The number of hydrogen-bond acceptors (Lipinski definition) is 2. The largest absolute Gasteiger partial charge is 0.380 e. The second-order valence-corrected chi connectivity index (χ2v) is 7.63. The summed E-state index contributed by atoms with van der Waals surface area (Å²) in [6.07, 6.45) is 2.22. The van der Waals surface area contributed by atoms with E-state index < -0.39 is 0 Å². The van der Waals surface area contributed by atoms with E-state index >= 15 is 0 Å². The predicted octanol–water partition coefficient (Wildman–Crippen LogP) is 3.22. The first-order valence-corrected chi connectivity index (χ1v) is 9.10. The maximum atomic E-state index is 5.29. The minimum atomic E-state index is 0.248. The lowest BCUT2D eigenvalue weighted by Gasteiger charge is -2.38. The van der Waals surface area contributed by atoms with E-state index in [2.05, 4.69) is 69.7 Å². The molecule has 2 rings (SSSR count). The zero-order valence-electron chi connectivity index (χ0n) is 14.4. The predicted molar refractivity (Wildman–Crippen MR) is 99.9 cm³/mol. The summed E-state index contributed by atoms with van der Waals surface area (Å²) in [5, 5.41) is 6.88. The van der Waals surface area contributed by atoms with Crippen LogP contribution in [0.15, 0.2) is 33.7 Å². The van der Waals surface area contributed by atoms with E-state index in [1.165, 1.54) is 5.56 Å². The van der Waals surface area contributed by atoms with Gasteiger partial charge in [-0.05, 0) is 30.0 Å². The van der Waals surface area contributed by atoms with Gasteiger partial charge in [-0.25, -0.2) is 0 Å². The minimum absolute atomic E-state index is 0.248. The highest BCUT2D eigenvalue weighted by Gasteiger charge is 2.33. The van der Waals surface area contributed by atoms with E-state index in [4.69, 9.17) is 4.74 Å². The molecule has 1 saturated heterocycles. The van der Waals surface area contributed by atoms with Crippen LogP contribution >= 0.6 is 15.9 Å². The molecule has 1 aliphatic rings. The molecule has 0 amide bonds. The first-order valence-electron chi connectivity index (χ1n) is 8.31. The van der Waals surface area contributed by atoms with E-state index in [0.29, 0.717) is 5.92 Å². The number of guanidine groups is 1. The summed E-state index contributed by atoms with van der Waals surface area (Å²) >= 11 is 3.54. The lowest BCUT2D eigenvalue weighted by atomic mass is 9.89. The fourth-order valence-corrected chi connectivity index (χ4v) is 3.12. The first-order chi connectivity index (χ1) is 11.0. The Hall–Kier alpha value is -1.07. The summed E-state index contributed by atoms with van der Waals surface area (Å²) in [5.41, 5.74) is 1.62. The number of rotatable bonds is 7. The Morgan fingerprint density at radius 3 is 2.74 bits per heavy atom. The third-order valence-corrected chi connectivity index (χ3v) is 4.85. The van der Waals surface area contributed by atoms with Crippen molar-refractivity contribution in [3.8, 4) is 0 Å². The first kappa shape index (κ1) is 18.3. The highest BCUT2D eigenvalue weighted by atomic mass is 79.9. The number of halogens is 1. The van der Waals surface area contributed by atoms with Gasteiger partial charge in [0.1, 0.15) is 0 Å². The Morgan fingerprint density at radius 2 is 2.17 bits per heavy atom. The second-order valence-electron chi connectivity index (χ2n) is 6.72. The lowest BCUT2D eigenvalue weighted by Crippen LogP contribution is -2.51. The van der Waals surface area contributed by atoms with Crippen LogP contribution in [0.5, 0.6) is 0 Å². The van der Waals surface area contributed by atoms with E-state index in [9.17, 15) is 0 Å². The normalized spacial score (nSPS) is 18.2. The van der Waals surface area contributed by atoms with Gasteiger partial charge in [-0.15, -0.1) is 0 Å². The molecule has 1 aromatic carbocycles. The molecule has 1 aromatic rings. The molecule has 0 bridgehead atoms. The number of nitrogens with one attached hydrogen (secondary N) is 2. The van der Waals surface area contributed by atoms with E-state index in [1.807, 2.05) is 7.05 Å². The summed E-state index contributed by atoms with van der Waals surface area (Å²) in [7, 11) is 1.82. The number of ether oxygens (including phenoxy) is 1. The molecule has 1 atom stereocenters. The third kappa shape index (κ3) is 5.81. The van der Waals surface area contributed by atoms with Gasteiger partial charge in [0.2, 0.25) is 0 Å². The Morgan fingerprint density at radius 1 is 1.39 bits per heavy atom. The standard InChI is InChI=1S/C18H28BrN3O/c1-4-14(8-15-6-5-7-16(19)9-15)10-21-17(20-3)22-11-18(2)12-23-13-18/h5-7,9,14H,4,8,10-13H2,1-3H3,(H2,20,21,22). The molecule has 1 aliphatic heterocycles. The molecule has 23 heavy (non-hydrogen) atoms. The Kier molecular flexibility index (Phi) is 6.90. The Balaban J connectivity index is 1.78. The monoisotopic (exact) mass is 381 g/mol. The van der Waals surface area contributed by atoms with Gasteiger partial charge >= 0.3 is 0 Å². The summed E-state index contributed by atoms with van der Waals surface area (Å²) in [4.78, 5) is 4.32. The number of aliphatic imine (C=N–C) groups is 1. The summed E-state index contributed by atoms with van der Waals surface area (Å²) in [6, 6.07) is 8.56. The zero-order valence-corrected chi connectivity index (χ0v) is 15.9. The van der Waals surface area contributed by atoms with Crippen molar-refractivity contribution < 1.29 is 4.74 Å². The van der Waals surface area contributed by atoms with Crippen LogP contribution in [0.4, 0.5) is 0 Å². The average molecular weight is 382 g/mol. The molecule has 4 nitrogen and oxygen atoms in total. The molecule has 0 aliphatic carbocycles. The molecule has 2 N–H and O–H groups in total. The van der Waals surface area contributed by atoms with Crippen molar-refractivity contribution in [2.24, 2.45) is 16.3 Å². The van der Waals surface area contributed by atoms with Crippen molar-refractivity contribution in [3.63, 3.8) is 0 Å². The Labute approximate surface area is 148 Å². The van der Waals surface area contributed by atoms with E-state index in [1.54, 1.807) is 0 Å². The molecule has 5 heteroatoms. The Bertz CT molecular complexity index is 529. The van der Waals surface area contributed by atoms with Crippen LogP contribution in [0.3, 0.4) is 0 Å². The molecule has 1 unspecified atom stereocenters. The minimum Gasteiger partial charge on any atom is -0.380 e. The number of hydrogen-bond donors (Lipinski definition) is 2. The fraction of sp³-hybridized carbons (Fsp3) is 0.611. The molecular weight excluding hydrogens is 354 g/mol. The topological polar surface area (TPSA) is 45.7 Å². The SMILES string of the molecule is CCC(CNC(=NC)NCC1(C)COC1)Cc1cccc(Br)c1. The molecule has 0 radical (unpaired) electrons. The van der Waals surface area contributed by atoms with Crippen LogP contribution in [-0.4, -0.2) is 39.3 Å². The smallest absolute Gasteiger partial charge is 0.191 e. The van der Waals surface area contributed by atoms with Crippen molar-refractivity contribution in [1.29, 1.82) is 0 Å². The highest BCUT2D eigenvalue weighted by molar-refractivity contribution is 9.10. The quantitative estimate of drug-likeness (QED) is 0.562. The van der Waals surface area contributed by atoms with Gasteiger partial charge < -0.3 is 15.4 Å². The number of benzene rings is 1. The zero-order chi connectivity index (χ0) is 16.7. The van der Waals surface area contributed by atoms with Crippen molar-refractivity contribution in [3.05, 3.63) is 34.3 Å². The van der Waals surface area contributed by atoms with Crippen molar-refractivity contribution in [1.82, 2.24) is 10.6 Å². The van der Waals surface area contributed by atoms with Gasteiger partial charge in [-0.2, -0.15) is 0 Å². The summed E-state index contributed by atoms with van der Waals surface area (Å²) < 4.78 is 6.44. The maximum Gasteiger partial charge on any atom is 0.191 e. The van der Waals surface area contributed by atoms with E-state index in [0.717, 1.165) is 49.6 Å². The average Bonchev–Trinajstić information content (AvgIpc) is 2.52. The molecule has 0 saturated carbocycles. The van der Waals surface area contributed by atoms with Crippen LogP contribution in [-0.2, 0) is 11.2 Å². The maximum absolute atomic E-state index is 5.29. The van der Waals surface area contributed by atoms with Gasteiger partial charge in [0.15, 0.2) is 5.96 Å². The van der Waals surface area contributed by atoms with Gasteiger partial charge in [0.25, 0.3) is 0 Å². The fourth-order valence-electron chi connectivity index (χ4n) is 2.67. The second kappa shape index (κ2) is 8.69. The van der Waals surface area contributed by atoms with Crippen molar-refractivity contribution in [2.45, 2.75) is 26.7 Å². The molecular formula is C18H28BrN3O. The summed E-state index contributed by atoms with van der Waals surface area (Å²) in [5.74, 6) is 1.47. The van der Waals surface area contributed by atoms with Crippen molar-refractivity contribution in [2.75, 3.05) is 33.4 Å². The van der Waals surface area contributed by atoms with Gasteiger partial charge in [-0.3, -0.25) is 4.99 Å². The van der Waals surface area contributed by atoms with Crippen LogP contribution < -0.4 is 10.6 Å². The molecule has 0 aromatic heterocycles. The van der Waals surface area contributed by atoms with E-state index in [-0.39, 0.29) is 5.41 Å². The van der Waals surface area contributed by atoms with Gasteiger partial charge in [0.05, 0.1) is 13.2 Å².